The maximum absolute atomic E-state index is 10.1. The molecule has 1 aromatic rings. The van der Waals surface area contributed by atoms with Crippen LogP contribution in [0.1, 0.15) is 23.5 Å². The number of aliphatic hydroxyl groups is 1. The normalized spacial score (nSPS) is 14.3. The number of ether oxygens (including phenoxy) is 2. The molecule has 0 aliphatic rings. The van der Waals surface area contributed by atoms with Crippen molar-refractivity contribution in [3.63, 3.8) is 0 Å². The zero-order chi connectivity index (χ0) is 13.5. The van der Waals surface area contributed by atoms with E-state index in [9.17, 15) is 5.11 Å². The molecule has 0 amide bonds. The van der Waals surface area contributed by atoms with Gasteiger partial charge in [-0.1, -0.05) is 12.1 Å². The van der Waals surface area contributed by atoms with E-state index in [-0.39, 0.29) is 5.92 Å². The zero-order valence-electron chi connectivity index (χ0n) is 11.3. The standard InChI is InChI=1S/C14H23NO3/c1-10-4-5-11(8-14(10)18-3)12(9-15)13(16)6-7-17-2/h4-5,8,12-13,16H,6-7,9,15H2,1-3H3. The van der Waals surface area contributed by atoms with Gasteiger partial charge in [0.15, 0.2) is 0 Å². The minimum absolute atomic E-state index is 0.0883. The minimum Gasteiger partial charge on any atom is -0.496 e. The summed E-state index contributed by atoms with van der Waals surface area (Å²) in [6.07, 6.45) is 0.0801. The van der Waals surface area contributed by atoms with E-state index < -0.39 is 6.10 Å². The lowest BCUT2D eigenvalue weighted by Gasteiger charge is -2.22. The van der Waals surface area contributed by atoms with E-state index in [2.05, 4.69) is 0 Å². The summed E-state index contributed by atoms with van der Waals surface area (Å²) in [4.78, 5) is 0. The Morgan fingerprint density at radius 1 is 1.33 bits per heavy atom. The molecule has 0 aromatic heterocycles. The van der Waals surface area contributed by atoms with Gasteiger partial charge in [0, 0.05) is 26.2 Å². The highest BCUT2D eigenvalue weighted by Crippen LogP contribution is 2.27. The zero-order valence-corrected chi connectivity index (χ0v) is 11.3. The molecule has 0 spiro atoms. The second kappa shape index (κ2) is 7.36. The van der Waals surface area contributed by atoms with Crippen molar-refractivity contribution in [3.8, 4) is 5.75 Å². The maximum Gasteiger partial charge on any atom is 0.122 e. The molecule has 1 rings (SSSR count). The third-order valence-electron chi connectivity index (χ3n) is 3.20. The van der Waals surface area contributed by atoms with Crippen molar-refractivity contribution in [1.82, 2.24) is 0 Å². The summed E-state index contributed by atoms with van der Waals surface area (Å²) in [5, 5.41) is 10.1. The van der Waals surface area contributed by atoms with Crippen LogP contribution in [0.25, 0.3) is 0 Å². The van der Waals surface area contributed by atoms with Gasteiger partial charge in [0.1, 0.15) is 5.75 Å². The lowest BCUT2D eigenvalue weighted by molar-refractivity contribution is 0.0919. The van der Waals surface area contributed by atoms with Gasteiger partial charge in [-0.2, -0.15) is 0 Å². The van der Waals surface area contributed by atoms with Crippen LogP contribution in [-0.4, -0.2) is 38.6 Å². The van der Waals surface area contributed by atoms with Crippen LogP contribution >= 0.6 is 0 Å². The first-order valence-electron chi connectivity index (χ1n) is 6.15. The fourth-order valence-corrected chi connectivity index (χ4v) is 2.02. The summed E-state index contributed by atoms with van der Waals surface area (Å²) in [5.41, 5.74) is 7.84. The molecule has 0 saturated heterocycles. The summed E-state index contributed by atoms with van der Waals surface area (Å²) < 4.78 is 10.3. The van der Waals surface area contributed by atoms with Gasteiger partial charge in [-0.3, -0.25) is 0 Å². The van der Waals surface area contributed by atoms with Crippen LogP contribution in [-0.2, 0) is 4.74 Å². The van der Waals surface area contributed by atoms with E-state index in [1.165, 1.54) is 0 Å². The lowest BCUT2D eigenvalue weighted by atomic mass is 9.91. The van der Waals surface area contributed by atoms with E-state index in [1.807, 2.05) is 25.1 Å². The highest BCUT2D eigenvalue weighted by atomic mass is 16.5. The Bertz CT molecular complexity index is 368. The van der Waals surface area contributed by atoms with Crippen molar-refractivity contribution in [2.75, 3.05) is 27.4 Å². The number of hydrogen-bond acceptors (Lipinski definition) is 4. The number of aryl methyl sites for hydroxylation is 1. The molecule has 0 heterocycles. The quantitative estimate of drug-likeness (QED) is 0.772. The summed E-state index contributed by atoms with van der Waals surface area (Å²) in [6.45, 7) is 2.92. The molecule has 2 unspecified atom stereocenters. The summed E-state index contributed by atoms with van der Waals surface area (Å²) in [6, 6.07) is 5.92. The van der Waals surface area contributed by atoms with E-state index in [1.54, 1.807) is 14.2 Å². The van der Waals surface area contributed by atoms with E-state index in [0.717, 1.165) is 16.9 Å². The molecule has 0 bridgehead atoms. The Morgan fingerprint density at radius 3 is 2.61 bits per heavy atom. The van der Waals surface area contributed by atoms with Crippen molar-refractivity contribution < 1.29 is 14.6 Å². The molecular formula is C14H23NO3. The topological polar surface area (TPSA) is 64.7 Å². The van der Waals surface area contributed by atoms with Gasteiger partial charge < -0.3 is 20.3 Å². The monoisotopic (exact) mass is 253 g/mol. The van der Waals surface area contributed by atoms with Crippen molar-refractivity contribution in [1.29, 1.82) is 0 Å². The average Bonchev–Trinajstić information content (AvgIpc) is 2.39. The molecule has 0 radical (unpaired) electrons. The van der Waals surface area contributed by atoms with Crippen LogP contribution in [0.5, 0.6) is 5.75 Å². The Morgan fingerprint density at radius 2 is 2.06 bits per heavy atom. The van der Waals surface area contributed by atoms with Crippen LogP contribution in [0.15, 0.2) is 18.2 Å². The largest absolute Gasteiger partial charge is 0.496 e. The smallest absolute Gasteiger partial charge is 0.122 e. The Kier molecular flexibility index (Phi) is 6.12. The first kappa shape index (κ1) is 15.0. The van der Waals surface area contributed by atoms with E-state index in [4.69, 9.17) is 15.2 Å². The Labute approximate surface area is 109 Å². The molecule has 18 heavy (non-hydrogen) atoms. The summed E-state index contributed by atoms with van der Waals surface area (Å²) in [7, 11) is 3.27. The first-order chi connectivity index (χ1) is 8.63. The molecular weight excluding hydrogens is 230 g/mol. The molecule has 3 N–H and O–H groups in total. The third-order valence-corrected chi connectivity index (χ3v) is 3.20. The van der Waals surface area contributed by atoms with E-state index >= 15 is 0 Å². The molecule has 0 aliphatic heterocycles. The predicted octanol–water partition coefficient (Wildman–Crippen LogP) is 1.44. The molecule has 1 aromatic carbocycles. The molecule has 2 atom stereocenters. The van der Waals surface area contributed by atoms with E-state index in [0.29, 0.717) is 19.6 Å². The number of hydrogen-bond donors (Lipinski definition) is 2. The maximum atomic E-state index is 10.1. The van der Waals surface area contributed by atoms with Crippen LogP contribution in [0.3, 0.4) is 0 Å². The fourth-order valence-electron chi connectivity index (χ4n) is 2.02. The molecule has 0 fully saturated rings. The molecule has 0 aliphatic carbocycles. The molecule has 4 heteroatoms. The molecule has 0 saturated carbocycles. The number of benzene rings is 1. The van der Waals surface area contributed by atoms with Crippen LogP contribution < -0.4 is 10.5 Å². The van der Waals surface area contributed by atoms with Crippen LogP contribution in [0.2, 0.25) is 0 Å². The van der Waals surface area contributed by atoms with Crippen LogP contribution in [0, 0.1) is 6.92 Å². The van der Waals surface area contributed by atoms with Gasteiger partial charge in [0.25, 0.3) is 0 Å². The fraction of sp³-hybridized carbons (Fsp3) is 0.571. The third kappa shape index (κ3) is 3.70. The number of rotatable bonds is 7. The van der Waals surface area contributed by atoms with Gasteiger partial charge in [-0.15, -0.1) is 0 Å². The summed E-state index contributed by atoms with van der Waals surface area (Å²) in [5.74, 6) is 0.736. The second-order valence-corrected chi connectivity index (χ2v) is 4.42. The van der Waals surface area contributed by atoms with Gasteiger partial charge in [-0.05, 0) is 30.5 Å². The highest BCUT2D eigenvalue weighted by Gasteiger charge is 2.20. The lowest BCUT2D eigenvalue weighted by Crippen LogP contribution is -2.27. The average molecular weight is 253 g/mol. The van der Waals surface area contributed by atoms with Crippen LogP contribution in [0.4, 0.5) is 0 Å². The minimum atomic E-state index is -0.498. The Hall–Kier alpha value is -1.10. The second-order valence-electron chi connectivity index (χ2n) is 4.42. The van der Waals surface area contributed by atoms with Gasteiger partial charge in [0.05, 0.1) is 13.2 Å². The van der Waals surface area contributed by atoms with Crippen molar-refractivity contribution in [3.05, 3.63) is 29.3 Å². The number of aliphatic hydroxyl groups excluding tert-OH is 1. The van der Waals surface area contributed by atoms with Crippen molar-refractivity contribution >= 4 is 0 Å². The SMILES string of the molecule is COCCC(O)C(CN)c1ccc(C)c(OC)c1. The number of methoxy groups -OCH3 is 2. The first-order valence-corrected chi connectivity index (χ1v) is 6.15. The highest BCUT2D eigenvalue weighted by molar-refractivity contribution is 5.38. The van der Waals surface area contributed by atoms with Gasteiger partial charge in [-0.25, -0.2) is 0 Å². The van der Waals surface area contributed by atoms with Gasteiger partial charge >= 0.3 is 0 Å². The predicted molar refractivity (Wildman–Crippen MR) is 72.0 cm³/mol. The van der Waals surface area contributed by atoms with Crippen molar-refractivity contribution in [2.24, 2.45) is 5.73 Å². The molecule has 102 valence electrons. The number of nitrogens with two attached hydrogens (primary N) is 1. The summed E-state index contributed by atoms with van der Waals surface area (Å²) >= 11 is 0. The van der Waals surface area contributed by atoms with Crippen molar-refractivity contribution in [2.45, 2.75) is 25.4 Å². The molecule has 4 nitrogen and oxygen atoms in total. The Balaban J connectivity index is 2.87. The van der Waals surface area contributed by atoms with Gasteiger partial charge in [0.2, 0.25) is 0 Å².